The summed E-state index contributed by atoms with van der Waals surface area (Å²) < 4.78 is 12.6. The molecule has 4 aromatic rings. The van der Waals surface area contributed by atoms with Crippen molar-refractivity contribution in [2.24, 2.45) is 0 Å². The molecule has 0 spiro atoms. The van der Waals surface area contributed by atoms with E-state index in [1.807, 2.05) is 32.0 Å². The van der Waals surface area contributed by atoms with Gasteiger partial charge in [-0.05, 0) is 44.0 Å². The van der Waals surface area contributed by atoms with Crippen LogP contribution in [-0.2, 0) is 6.54 Å². The molecular weight excluding hydrogens is 462 g/mol. The van der Waals surface area contributed by atoms with Gasteiger partial charge in [-0.3, -0.25) is 19.6 Å². The smallest absolute Gasteiger partial charge is 0.278 e. The van der Waals surface area contributed by atoms with Crippen LogP contribution in [0.15, 0.2) is 53.3 Å². The van der Waals surface area contributed by atoms with Crippen LogP contribution in [0.25, 0.3) is 0 Å². The van der Waals surface area contributed by atoms with Gasteiger partial charge in [-0.1, -0.05) is 22.8 Å². The van der Waals surface area contributed by atoms with Crippen LogP contribution in [0.3, 0.4) is 0 Å². The van der Waals surface area contributed by atoms with Crippen molar-refractivity contribution < 1.29 is 19.0 Å². The van der Waals surface area contributed by atoms with Crippen LogP contribution in [0.5, 0.6) is 11.5 Å². The van der Waals surface area contributed by atoms with Gasteiger partial charge in [0.1, 0.15) is 17.3 Å². The third-order valence-corrected chi connectivity index (χ3v) is 5.11. The summed E-state index contributed by atoms with van der Waals surface area (Å²) >= 11 is 5.91. The highest BCUT2D eigenvalue weighted by Gasteiger charge is 2.22. The molecule has 1 amide bonds. The number of hydrogen-bond donors (Lipinski definition) is 1. The number of nitro benzene ring substituents is 1. The maximum Gasteiger partial charge on any atom is 0.278 e. The van der Waals surface area contributed by atoms with E-state index in [1.165, 1.54) is 24.4 Å². The van der Waals surface area contributed by atoms with Gasteiger partial charge < -0.3 is 14.6 Å². The molecule has 0 unspecified atom stereocenters. The van der Waals surface area contributed by atoms with Gasteiger partial charge in [-0.2, -0.15) is 5.10 Å². The van der Waals surface area contributed by atoms with Gasteiger partial charge in [-0.25, -0.2) is 0 Å². The van der Waals surface area contributed by atoms with Crippen molar-refractivity contribution in [3.05, 3.63) is 92.1 Å². The summed E-state index contributed by atoms with van der Waals surface area (Å²) in [7, 11) is 0. The molecule has 34 heavy (non-hydrogen) atoms. The van der Waals surface area contributed by atoms with Gasteiger partial charge in [0, 0.05) is 23.9 Å². The lowest BCUT2D eigenvalue weighted by atomic mass is 10.1. The van der Waals surface area contributed by atoms with Crippen molar-refractivity contribution in [1.82, 2.24) is 14.9 Å². The Morgan fingerprint density at radius 2 is 1.85 bits per heavy atom. The van der Waals surface area contributed by atoms with E-state index in [-0.39, 0.29) is 29.4 Å². The largest absolute Gasteiger partial charge is 0.457 e. The normalized spacial score (nSPS) is 10.8. The number of aryl methyl sites for hydroxylation is 3. The first-order valence-corrected chi connectivity index (χ1v) is 10.6. The van der Waals surface area contributed by atoms with Crippen molar-refractivity contribution in [2.45, 2.75) is 27.3 Å². The Labute approximate surface area is 199 Å². The van der Waals surface area contributed by atoms with E-state index in [4.69, 9.17) is 20.9 Å². The third-order valence-electron chi connectivity index (χ3n) is 4.91. The minimum absolute atomic E-state index is 0.0346. The van der Waals surface area contributed by atoms with E-state index in [0.29, 0.717) is 22.1 Å². The first kappa shape index (κ1) is 23.0. The molecule has 11 heteroatoms. The number of halogens is 1. The summed E-state index contributed by atoms with van der Waals surface area (Å²) in [6, 6.07) is 9.65. The predicted octanol–water partition coefficient (Wildman–Crippen LogP) is 5.45. The van der Waals surface area contributed by atoms with Crippen LogP contribution in [0, 0.1) is 30.9 Å². The maximum atomic E-state index is 13.0. The zero-order chi connectivity index (χ0) is 24.4. The lowest BCUT2D eigenvalue weighted by Crippen LogP contribution is -2.16. The number of carbonyl (C=O) groups excluding carboxylic acids is 1. The van der Waals surface area contributed by atoms with Crippen molar-refractivity contribution in [1.29, 1.82) is 0 Å². The Hall–Kier alpha value is -4.18. The number of nitrogens with one attached hydrogen (secondary N) is 1. The summed E-state index contributed by atoms with van der Waals surface area (Å²) in [5.41, 5.74) is 2.46. The molecule has 0 saturated heterocycles. The summed E-state index contributed by atoms with van der Waals surface area (Å²) in [5, 5.41) is 22.5. The van der Waals surface area contributed by atoms with E-state index >= 15 is 0 Å². The summed E-state index contributed by atoms with van der Waals surface area (Å²) in [6.07, 6.45) is 3.08. The van der Waals surface area contributed by atoms with E-state index < -0.39 is 10.8 Å². The minimum atomic E-state index is -0.594. The Kier molecular flexibility index (Phi) is 6.33. The molecule has 4 rings (SSSR count). The summed E-state index contributed by atoms with van der Waals surface area (Å²) in [4.78, 5) is 23.9. The number of nitrogens with zero attached hydrogens (tertiary/aromatic N) is 4. The number of amides is 1. The number of anilines is 1. The van der Waals surface area contributed by atoms with E-state index in [1.54, 1.807) is 17.8 Å². The van der Waals surface area contributed by atoms with Crippen molar-refractivity contribution in [3.63, 3.8) is 0 Å². The molecule has 1 N–H and O–H groups in total. The first-order valence-electron chi connectivity index (χ1n) is 10.2. The van der Waals surface area contributed by atoms with Crippen LogP contribution in [0.1, 0.15) is 32.9 Å². The molecule has 10 nitrogen and oxygen atoms in total. The van der Waals surface area contributed by atoms with E-state index in [0.717, 1.165) is 11.1 Å². The number of nitro groups is 1. The molecule has 174 valence electrons. The van der Waals surface area contributed by atoms with Crippen LogP contribution in [-0.4, -0.2) is 25.8 Å². The van der Waals surface area contributed by atoms with Gasteiger partial charge in [0.25, 0.3) is 11.6 Å². The number of rotatable bonds is 7. The van der Waals surface area contributed by atoms with Gasteiger partial charge in [0.15, 0.2) is 5.69 Å². The minimum Gasteiger partial charge on any atom is -0.457 e. The topological polar surface area (TPSA) is 125 Å². The standard InChI is InChI=1S/C23H20ClN5O5/c1-13-4-14(2)6-19(5-13)33-20-8-17(7-18(9-20)29(31)32)26-23(30)22-21(15(3)34-27-22)12-28-11-16(24)10-25-28/h4-11H,12H2,1-3H3,(H,26,30). The fourth-order valence-corrected chi connectivity index (χ4v) is 3.64. The molecule has 0 aliphatic carbocycles. The van der Waals surface area contributed by atoms with Crippen molar-refractivity contribution in [2.75, 3.05) is 5.32 Å². The summed E-state index contributed by atoms with van der Waals surface area (Å²) in [5.74, 6) is 0.581. The fourth-order valence-electron chi connectivity index (χ4n) is 3.48. The highest BCUT2D eigenvalue weighted by Crippen LogP contribution is 2.31. The molecule has 0 aliphatic heterocycles. The Morgan fingerprint density at radius 1 is 1.15 bits per heavy atom. The van der Waals surface area contributed by atoms with Crippen LogP contribution in [0.2, 0.25) is 5.02 Å². The molecule has 2 aromatic carbocycles. The van der Waals surface area contributed by atoms with Gasteiger partial charge in [0.05, 0.1) is 34.4 Å². The molecule has 0 atom stereocenters. The summed E-state index contributed by atoms with van der Waals surface area (Å²) in [6.45, 7) is 5.73. The number of carbonyl (C=O) groups is 1. The van der Waals surface area contributed by atoms with Gasteiger partial charge in [0.2, 0.25) is 0 Å². The van der Waals surface area contributed by atoms with Crippen LogP contribution >= 0.6 is 11.6 Å². The Morgan fingerprint density at radius 3 is 2.50 bits per heavy atom. The number of benzene rings is 2. The van der Waals surface area contributed by atoms with Gasteiger partial charge >= 0.3 is 0 Å². The van der Waals surface area contributed by atoms with Crippen LogP contribution < -0.4 is 10.1 Å². The zero-order valence-corrected chi connectivity index (χ0v) is 19.3. The number of hydrogen-bond acceptors (Lipinski definition) is 7. The molecule has 0 bridgehead atoms. The van der Waals surface area contributed by atoms with Crippen molar-refractivity contribution >= 4 is 28.9 Å². The van der Waals surface area contributed by atoms with E-state index in [2.05, 4.69) is 15.6 Å². The van der Waals surface area contributed by atoms with E-state index in [9.17, 15) is 14.9 Å². The van der Waals surface area contributed by atoms with Crippen molar-refractivity contribution in [3.8, 4) is 11.5 Å². The highest BCUT2D eigenvalue weighted by atomic mass is 35.5. The second kappa shape index (κ2) is 9.36. The monoisotopic (exact) mass is 481 g/mol. The number of non-ortho nitro benzene ring substituents is 1. The Bertz CT molecular complexity index is 1370. The lowest BCUT2D eigenvalue weighted by molar-refractivity contribution is -0.384. The fraction of sp³-hybridized carbons (Fsp3) is 0.174. The van der Waals surface area contributed by atoms with Crippen LogP contribution in [0.4, 0.5) is 11.4 Å². The quantitative estimate of drug-likeness (QED) is 0.274. The molecule has 0 fully saturated rings. The average Bonchev–Trinajstić information content (AvgIpc) is 3.32. The number of ether oxygens (including phenoxy) is 1. The molecule has 2 heterocycles. The Balaban J connectivity index is 1.61. The average molecular weight is 482 g/mol. The molecule has 0 aliphatic rings. The zero-order valence-electron chi connectivity index (χ0n) is 18.5. The molecule has 0 radical (unpaired) electrons. The van der Waals surface area contributed by atoms with Gasteiger partial charge in [-0.15, -0.1) is 0 Å². The SMILES string of the molecule is Cc1cc(C)cc(Oc2cc(NC(=O)c3noc(C)c3Cn3cc(Cl)cn3)cc([N+](=O)[O-])c2)c1. The number of aromatic nitrogens is 3. The highest BCUT2D eigenvalue weighted by molar-refractivity contribution is 6.30. The third kappa shape index (κ3) is 5.24. The molecule has 0 saturated carbocycles. The lowest BCUT2D eigenvalue weighted by Gasteiger charge is -2.10. The maximum absolute atomic E-state index is 13.0. The second-order valence-corrected chi connectivity index (χ2v) is 8.21. The predicted molar refractivity (Wildman–Crippen MR) is 125 cm³/mol. The second-order valence-electron chi connectivity index (χ2n) is 7.77. The molecular formula is C23H20ClN5O5. The molecule has 2 aromatic heterocycles. The first-order chi connectivity index (χ1) is 16.2.